The number of hydrogen-bond donors (Lipinski definition) is 1. The van der Waals surface area contributed by atoms with Gasteiger partial charge in [-0.1, -0.05) is 23.4 Å². The molecule has 0 unspecified atom stereocenters. The van der Waals surface area contributed by atoms with Gasteiger partial charge >= 0.3 is 0 Å². The molecule has 1 amide bonds. The molecule has 1 heterocycles. The number of anilines is 1. The zero-order valence-electron chi connectivity index (χ0n) is 12.4. The maximum Gasteiger partial charge on any atom is 0.234 e. The van der Waals surface area contributed by atoms with E-state index in [1.807, 2.05) is 6.07 Å². The summed E-state index contributed by atoms with van der Waals surface area (Å²) in [6.07, 6.45) is 0. The first kappa shape index (κ1) is 17.2. The van der Waals surface area contributed by atoms with Gasteiger partial charge in [0.1, 0.15) is 28.3 Å². The van der Waals surface area contributed by atoms with Crippen LogP contribution in [0.2, 0.25) is 5.02 Å². The molecule has 0 saturated heterocycles. The Morgan fingerprint density at radius 2 is 2.17 bits per heavy atom. The number of nitrogens with zero attached hydrogens (tertiary/aromatic N) is 3. The van der Waals surface area contributed by atoms with E-state index in [9.17, 15) is 9.18 Å². The van der Waals surface area contributed by atoms with Gasteiger partial charge in [0.25, 0.3) is 0 Å². The van der Waals surface area contributed by atoms with E-state index >= 15 is 0 Å². The lowest BCUT2D eigenvalue weighted by atomic mass is 10.3. The van der Waals surface area contributed by atoms with Crippen molar-refractivity contribution in [2.24, 2.45) is 0 Å². The summed E-state index contributed by atoms with van der Waals surface area (Å²) < 4.78 is 13.0. The van der Waals surface area contributed by atoms with E-state index in [-0.39, 0.29) is 16.7 Å². The Hall–Kier alpha value is -2.17. The van der Waals surface area contributed by atoms with Crippen LogP contribution in [0.5, 0.6) is 0 Å². The third kappa shape index (κ3) is 4.41. The summed E-state index contributed by atoms with van der Waals surface area (Å²) in [5.41, 5.74) is 1.26. The van der Waals surface area contributed by atoms with Crippen LogP contribution in [0.25, 0.3) is 0 Å². The van der Waals surface area contributed by atoms with Crippen molar-refractivity contribution in [3.63, 3.8) is 0 Å². The normalized spacial score (nSPS) is 10.2. The van der Waals surface area contributed by atoms with Gasteiger partial charge in [0.05, 0.1) is 22.2 Å². The van der Waals surface area contributed by atoms with E-state index in [0.29, 0.717) is 27.8 Å². The topological polar surface area (TPSA) is 78.7 Å². The Bertz CT molecular complexity index is 807. The number of aryl methyl sites for hydroxylation is 2. The van der Waals surface area contributed by atoms with Crippen LogP contribution in [-0.2, 0) is 4.79 Å². The number of benzene rings is 1. The first-order chi connectivity index (χ1) is 10.9. The summed E-state index contributed by atoms with van der Waals surface area (Å²) in [7, 11) is 0. The number of amides is 1. The minimum atomic E-state index is -0.479. The number of aromatic nitrogens is 2. The van der Waals surface area contributed by atoms with Crippen molar-refractivity contribution >= 4 is 35.0 Å². The zero-order chi connectivity index (χ0) is 17.0. The van der Waals surface area contributed by atoms with Crippen LogP contribution in [0.4, 0.5) is 10.1 Å². The molecule has 0 atom stereocenters. The number of carbonyl (C=O) groups excluding carboxylic acids is 1. The second-order valence-corrected chi connectivity index (χ2v) is 5.98. The second-order valence-electron chi connectivity index (χ2n) is 4.61. The Labute approximate surface area is 141 Å². The van der Waals surface area contributed by atoms with Crippen LogP contribution in [0.1, 0.15) is 17.1 Å². The molecule has 118 valence electrons. The van der Waals surface area contributed by atoms with Gasteiger partial charge in [0.2, 0.25) is 5.91 Å². The van der Waals surface area contributed by atoms with Gasteiger partial charge in [-0.2, -0.15) is 5.26 Å². The minimum Gasteiger partial charge on any atom is -0.324 e. The molecule has 1 aromatic carbocycles. The van der Waals surface area contributed by atoms with Crippen LogP contribution in [-0.4, -0.2) is 21.6 Å². The van der Waals surface area contributed by atoms with Crippen molar-refractivity contribution < 1.29 is 9.18 Å². The fourth-order valence-electron chi connectivity index (χ4n) is 1.83. The summed E-state index contributed by atoms with van der Waals surface area (Å²) in [5.74, 6) is -0.238. The highest BCUT2D eigenvalue weighted by Gasteiger charge is 2.13. The third-order valence-electron chi connectivity index (χ3n) is 2.83. The monoisotopic (exact) mass is 350 g/mol. The maximum absolute atomic E-state index is 13.0. The summed E-state index contributed by atoms with van der Waals surface area (Å²) in [6.45, 7) is 3.44. The van der Waals surface area contributed by atoms with Crippen LogP contribution < -0.4 is 5.32 Å². The lowest BCUT2D eigenvalue weighted by molar-refractivity contribution is -0.113. The summed E-state index contributed by atoms with van der Waals surface area (Å²) in [4.78, 5) is 20.3. The van der Waals surface area contributed by atoms with Gasteiger partial charge in [-0.05, 0) is 32.0 Å². The molecule has 0 radical (unpaired) electrons. The van der Waals surface area contributed by atoms with Crippen molar-refractivity contribution in [1.82, 2.24) is 9.97 Å². The molecule has 8 heteroatoms. The molecule has 0 spiro atoms. The van der Waals surface area contributed by atoms with Crippen molar-refractivity contribution in [3.05, 3.63) is 46.1 Å². The Balaban J connectivity index is 2.07. The number of hydrogen-bond acceptors (Lipinski definition) is 5. The molecule has 0 saturated carbocycles. The van der Waals surface area contributed by atoms with Crippen LogP contribution in [0.3, 0.4) is 0 Å². The van der Waals surface area contributed by atoms with E-state index in [2.05, 4.69) is 15.3 Å². The van der Waals surface area contributed by atoms with Crippen molar-refractivity contribution in [2.45, 2.75) is 18.9 Å². The van der Waals surface area contributed by atoms with Crippen molar-refractivity contribution in [1.29, 1.82) is 5.26 Å². The number of nitriles is 1. The molecule has 1 aromatic heterocycles. The molecule has 2 aromatic rings. The summed E-state index contributed by atoms with van der Waals surface area (Å²) in [5, 5.41) is 12.3. The molecular weight excluding hydrogens is 339 g/mol. The highest BCUT2D eigenvalue weighted by Crippen LogP contribution is 2.24. The van der Waals surface area contributed by atoms with Gasteiger partial charge in [-0.3, -0.25) is 4.79 Å². The number of rotatable bonds is 4. The summed E-state index contributed by atoms with van der Waals surface area (Å²) in [6, 6.07) is 5.76. The molecule has 2 rings (SSSR count). The molecule has 0 aliphatic rings. The fraction of sp³-hybridized carbons (Fsp3) is 0.200. The van der Waals surface area contributed by atoms with Crippen molar-refractivity contribution in [3.8, 4) is 6.07 Å². The smallest absolute Gasteiger partial charge is 0.234 e. The number of nitrogens with one attached hydrogen (secondary N) is 1. The van der Waals surface area contributed by atoms with Crippen molar-refractivity contribution in [2.75, 3.05) is 11.1 Å². The SMILES string of the molecule is Cc1nc(C)c(C#N)c(SCC(=O)Nc2ccc(F)cc2Cl)n1. The molecule has 0 aliphatic carbocycles. The van der Waals surface area contributed by atoms with E-state index in [4.69, 9.17) is 16.9 Å². The number of thioether (sulfide) groups is 1. The van der Waals surface area contributed by atoms with Gasteiger partial charge in [-0.15, -0.1) is 0 Å². The Kier molecular flexibility index (Phi) is 5.53. The van der Waals surface area contributed by atoms with E-state index in [1.165, 1.54) is 12.1 Å². The number of halogens is 2. The lowest BCUT2D eigenvalue weighted by Crippen LogP contribution is -2.15. The lowest BCUT2D eigenvalue weighted by Gasteiger charge is -2.08. The van der Waals surface area contributed by atoms with Crippen LogP contribution in [0, 0.1) is 31.0 Å². The molecule has 0 bridgehead atoms. The van der Waals surface area contributed by atoms with E-state index in [0.717, 1.165) is 17.8 Å². The number of carbonyl (C=O) groups is 1. The van der Waals surface area contributed by atoms with Crippen LogP contribution in [0.15, 0.2) is 23.2 Å². The first-order valence-electron chi connectivity index (χ1n) is 6.53. The molecule has 0 fully saturated rings. The quantitative estimate of drug-likeness (QED) is 0.674. The largest absolute Gasteiger partial charge is 0.324 e. The fourth-order valence-corrected chi connectivity index (χ4v) is 2.91. The average Bonchev–Trinajstić information content (AvgIpc) is 2.47. The van der Waals surface area contributed by atoms with Gasteiger partial charge < -0.3 is 5.32 Å². The Morgan fingerprint density at radius 1 is 1.43 bits per heavy atom. The van der Waals surface area contributed by atoms with Gasteiger partial charge in [0, 0.05) is 0 Å². The Morgan fingerprint density at radius 3 is 2.83 bits per heavy atom. The first-order valence-corrected chi connectivity index (χ1v) is 7.90. The van der Waals surface area contributed by atoms with E-state index in [1.54, 1.807) is 13.8 Å². The molecule has 23 heavy (non-hydrogen) atoms. The highest BCUT2D eigenvalue weighted by atomic mass is 35.5. The molecular formula is C15H12ClFN4OS. The standard InChI is InChI=1S/C15H12ClFN4OS/c1-8-11(6-18)15(20-9(2)19-8)23-7-14(22)21-13-4-3-10(17)5-12(13)16/h3-5H,7H2,1-2H3,(H,21,22). The molecule has 0 aliphatic heterocycles. The predicted molar refractivity (Wildman–Crippen MR) is 87.0 cm³/mol. The van der Waals surface area contributed by atoms with E-state index < -0.39 is 5.82 Å². The minimum absolute atomic E-state index is 0.0400. The molecule has 1 N–H and O–H groups in total. The maximum atomic E-state index is 13.0. The summed E-state index contributed by atoms with van der Waals surface area (Å²) >= 11 is 6.99. The highest BCUT2D eigenvalue weighted by molar-refractivity contribution is 8.00. The van der Waals surface area contributed by atoms with Gasteiger partial charge in [0.15, 0.2) is 0 Å². The second kappa shape index (κ2) is 7.40. The van der Waals surface area contributed by atoms with Crippen LogP contribution >= 0.6 is 23.4 Å². The average molecular weight is 351 g/mol. The van der Waals surface area contributed by atoms with Gasteiger partial charge in [-0.25, -0.2) is 14.4 Å². The third-order valence-corrected chi connectivity index (χ3v) is 4.11. The predicted octanol–water partition coefficient (Wildman–Crippen LogP) is 3.49. The zero-order valence-corrected chi connectivity index (χ0v) is 13.9. The molecule has 5 nitrogen and oxygen atoms in total.